The number of fused-ring (bicyclic) bond motifs is 2. The maximum absolute atomic E-state index is 12.3. The van der Waals surface area contributed by atoms with Gasteiger partial charge in [0.15, 0.2) is 11.5 Å². The number of nitrogens with one attached hydrogen (secondary N) is 2. The first-order valence-corrected chi connectivity index (χ1v) is 9.00. The van der Waals surface area contributed by atoms with Crippen LogP contribution in [0.15, 0.2) is 35.7 Å². The number of amides is 2. The fraction of sp³-hybridized carbons (Fsp3) is 0.222. The van der Waals surface area contributed by atoms with E-state index in [-0.39, 0.29) is 18.4 Å². The molecule has 0 fully saturated rings. The lowest BCUT2D eigenvalue weighted by Gasteiger charge is -2.19. The molecule has 0 saturated heterocycles. The van der Waals surface area contributed by atoms with Crippen LogP contribution in [-0.4, -0.2) is 36.1 Å². The summed E-state index contributed by atoms with van der Waals surface area (Å²) in [5, 5.41) is 7.37. The summed E-state index contributed by atoms with van der Waals surface area (Å²) in [4.78, 5) is 24.5. The van der Waals surface area contributed by atoms with Gasteiger partial charge in [0.25, 0.3) is 5.91 Å². The second-order valence-electron chi connectivity index (χ2n) is 5.85. The van der Waals surface area contributed by atoms with Gasteiger partial charge in [-0.3, -0.25) is 9.59 Å². The number of carbonyl (C=O) groups excluding carboxylic acids is 2. The number of thiophene rings is 1. The van der Waals surface area contributed by atoms with E-state index in [9.17, 15) is 9.59 Å². The second-order valence-corrected chi connectivity index (χ2v) is 6.80. The monoisotopic (exact) mass is 371 g/mol. The number of ether oxygens (including phenoxy) is 2. The molecule has 26 heavy (non-hydrogen) atoms. The first kappa shape index (κ1) is 16.5. The summed E-state index contributed by atoms with van der Waals surface area (Å²) in [5.74, 6) is 0.660. The van der Waals surface area contributed by atoms with Crippen molar-refractivity contribution in [3.05, 3.63) is 41.4 Å². The SMILES string of the molecule is Cn1c(C(=O)NCC(=O)Nc2ccc3c(c2)OCCO3)cc2sccc21. The third-order valence-corrected chi connectivity index (χ3v) is 4.99. The van der Waals surface area contributed by atoms with E-state index in [0.717, 1.165) is 10.2 Å². The predicted octanol–water partition coefficient (Wildman–Crippen LogP) is 2.38. The number of benzene rings is 1. The van der Waals surface area contributed by atoms with Crippen LogP contribution in [0.5, 0.6) is 11.5 Å². The molecule has 1 aromatic carbocycles. The fourth-order valence-electron chi connectivity index (χ4n) is 2.85. The minimum atomic E-state index is -0.314. The van der Waals surface area contributed by atoms with Crippen molar-refractivity contribution in [2.24, 2.45) is 7.05 Å². The van der Waals surface area contributed by atoms with Crippen LogP contribution in [-0.2, 0) is 11.8 Å². The van der Waals surface area contributed by atoms with E-state index in [2.05, 4.69) is 10.6 Å². The zero-order valence-corrected chi connectivity index (χ0v) is 14.9. The van der Waals surface area contributed by atoms with Crippen LogP contribution >= 0.6 is 11.3 Å². The number of aromatic nitrogens is 1. The number of hydrogen-bond donors (Lipinski definition) is 2. The van der Waals surface area contributed by atoms with E-state index in [1.807, 2.05) is 29.1 Å². The molecule has 0 bridgehead atoms. The maximum Gasteiger partial charge on any atom is 0.268 e. The highest BCUT2D eigenvalue weighted by molar-refractivity contribution is 7.17. The molecule has 3 aromatic rings. The Morgan fingerprint density at radius 3 is 2.77 bits per heavy atom. The van der Waals surface area contributed by atoms with Gasteiger partial charge >= 0.3 is 0 Å². The standard InChI is InChI=1S/C18H17N3O4S/c1-21-12-4-7-26-16(12)9-13(21)18(23)19-10-17(22)20-11-2-3-14-15(8-11)25-6-5-24-14/h2-4,7-9H,5-6,10H2,1H3,(H,19,23)(H,20,22). The summed E-state index contributed by atoms with van der Waals surface area (Å²) in [6, 6.07) is 8.98. The van der Waals surface area contributed by atoms with Gasteiger partial charge in [-0.15, -0.1) is 11.3 Å². The van der Waals surface area contributed by atoms with E-state index in [4.69, 9.17) is 9.47 Å². The average Bonchev–Trinajstić information content (AvgIpc) is 3.23. The molecule has 0 spiro atoms. The molecule has 0 unspecified atom stereocenters. The lowest BCUT2D eigenvalue weighted by molar-refractivity contribution is -0.115. The van der Waals surface area contributed by atoms with Gasteiger partial charge in [-0.1, -0.05) is 0 Å². The Hall–Kier alpha value is -3.00. The van der Waals surface area contributed by atoms with Crippen LogP contribution in [0.25, 0.3) is 10.2 Å². The molecule has 2 N–H and O–H groups in total. The number of carbonyl (C=O) groups is 2. The highest BCUT2D eigenvalue weighted by atomic mass is 32.1. The summed E-state index contributed by atoms with van der Waals surface area (Å²) in [6.07, 6.45) is 0. The van der Waals surface area contributed by atoms with Crippen molar-refractivity contribution in [2.75, 3.05) is 25.1 Å². The largest absolute Gasteiger partial charge is 0.486 e. The summed E-state index contributed by atoms with van der Waals surface area (Å²) >= 11 is 1.57. The van der Waals surface area contributed by atoms with E-state index in [0.29, 0.717) is 36.1 Å². The fourth-order valence-corrected chi connectivity index (χ4v) is 3.69. The minimum absolute atomic E-state index is 0.119. The zero-order valence-electron chi connectivity index (χ0n) is 14.1. The molecule has 2 aromatic heterocycles. The molecule has 0 atom stereocenters. The van der Waals surface area contributed by atoms with Gasteiger partial charge < -0.3 is 24.7 Å². The van der Waals surface area contributed by atoms with Crippen LogP contribution in [0.4, 0.5) is 5.69 Å². The molecule has 0 radical (unpaired) electrons. The van der Waals surface area contributed by atoms with E-state index >= 15 is 0 Å². The zero-order chi connectivity index (χ0) is 18.1. The van der Waals surface area contributed by atoms with Crippen molar-refractivity contribution in [2.45, 2.75) is 0 Å². The summed E-state index contributed by atoms with van der Waals surface area (Å²) in [6.45, 7) is 0.877. The summed E-state index contributed by atoms with van der Waals surface area (Å²) in [7, 11) is 1.83. The van der Waals surface area contributed by atoms with Crippen molar-refractivity contribution in [1.82, 2.24) is 9.88 Å². The lowest BCUT2D eigenvalue weighted by atomic mass is 10.2. The van der Waals surface area contributed by atoms with Crippen molar-refractivity contribution in [3.8, 4) is 11.5 Å². The molecule has 0 saturated carbocycles. The van der Waals surface area contributed by atoms with Crippen LogP contribution in [0, 0.1) is 0 Å². The number of anilines is 1. The Kier molecular flexibility index (Phi) is 4.26. The summed E-state index contributed by atoms with van der Waals surface area (Å²) in [5.41, 5.74) is 2.12. The molecule has 1 aliphatic rings. The van der Waals surface area contributed by atoms with Gasteiger partial charge in [-0.25, -0.2) is 0 Å². The van der Waals surface area contributed by atoms with Gasteiger partial charge in [0, 0.05) is 18.8 Å². The molecular weight excluding hydrogens is 354 g/mol. The Labute approximate surface area is 153 Å². The quantitative estimate of drug-likeness (QED) is 0.738. The predicted molar refractivity (Wildman–Crippen MR) is 99.2 cm³/mol. The highest BCUT2D eigenvalue weighted by Gasteiger charge is 2.16. The normalized spacial score (nSPS) is 12.8. The van der Waals surface area contributed by atoms with Gasteiger partial charge in [-0.05, 0) is 29.6 Å². The maximum atomic E-state index is 12.3. The number of nitrogens with zero attached hydrogens (tertiary/aromatic N) is 1. The first-order chi connectivity index (χ1) is 12.6. The van der Waals surface area contributed by atoms with Crippen LogP contribution in [0.1, 0.15) is 10.5 Å². The molecule has 7 nitrogen and oxygen atoms in total. The number of rotatable bonds is 4. The summed E-state index contributed by atoms with van der Waals surface area (Å²) < 4.78 is 13.8. The highest BCUT2D eigenvalue weighted by Crippen LogP contribution is 2.32. The molecule has 8 heteroatoms. The van der Waals surface area contributed by atoms with E-state index in [1.54, 1.807) is 29.5 Å². The number of aryl methyl sites for hydroxylation is 1. The third-order valence-electron chi connectivity index (χ3n) is 4.13. The Morgan fingerprint density at radius 1 is 1.15 bits per heavy atom. The minimum Gasteiger partial charge on any atom is -0.486 e. The molecule has 3 heterocycles. The van der Waals surface area contributed by atoms with Crippen LogP contribution in [0.2, 0.25) is 0 Å². The van der Waals surface area contributed by atoms with Gasteiger partial charge in [-0.2, -0.15) is 0 Å². The van der Waals surface area contributed by atoms with E-state index < -0.39 is 0 Å². The molecule has 134 valence electrons. The molecule has 0 aliphatic carbocycles. The van der Waals surface area contributed by atoms with Crippen molar-refractivity contribution < 1.29 is 19.1 Å². The Morgan fingerprint density at radius 2 is 1.96 bits per heavy atom. The Bertz CT molecular complexity index is 992. The van der Waals surface area contributed by atoms with Crippen LogP contribution in [0.3, 0.4) is 0 Å². The van der Waals surface area contributed by atoms with E-state index in [1.165, 1.54) is 0 Å². The lowest BCUT2D eigenvalue weighted by Crippen LogP contribution is -2.33. The van der Waals surface area contributed by atoms with Gasteiger partial charge in [0.05, 0.1) is 16.8 Å². The smallest absolute Gasteiger partial charge is 0.268 e. The van der Waals surface area contributed by atoms with Crippen molar-refractivity contribution in [1.29, 1.82) is 0 Å². The van der Waals surface area contributed by atoms with Gasteiger partial charge in [0.2, 0.25) is 5.91 Å². The van der Waals surface area contributed by atoms with Crippen molar-refractivity contribution in [3.63, 3.8) is 0 Å². The Balaban J connectivity index is 1.37. The van der Waals surface area contributed by atoms with Crippen molar-refractivity contribution >= 4 is 39.1 Å². The van der Waals surface area contributed by atoms with Crippen LogP contribution < -0.4 is 20.1 Å². The topological polar surface area (TPSA) is 81.6 Å². The van der Waals surface area contributed by atoms with Gasteiger partial charge in [0.1, 0.15) is 18.9 Å². The molecular formula is C18H17N3O4S. The first-order valence-electron chi connectivity index (χ1n) is 8.12. The number of hydrogen-bond acceptors (Lipinski definition) is 5. The molecule has 2 amide bonds. The third kappa shape index (κ3) is 3.11. The molecule has 4 rings (SSSR count). The second kappa shape index (κ2) is 6.72. The average molecular weight is 371 g/mol. The molecule has 1 aliphatic heterocycles.